The average molecular weight is 461 g/mol. The lowest BCUT2D eigenvalue weighted by Crippen LogP contribution is -2.48. The number of piperazine rings is 1. The quantitative estimate of drug-likeness (QED) is 0.561. The molecule has 0 bridgehead atoms. The molecular formula is C21H22Cl2N6O2. The normalized spacial score (nSPS) is 14.6. The van der Waals surface area contributed by atoms with Crippen LogP contribution < -0.4 is 4.74 Å². The van der Waals surface area contributed by atoms with Gasteiger partial charge in [-0.15, -0.1) is 5.10 Å². The van der Waals surface area contributed by atoms with E-state index in [1.165, 1.54) is 0 Å². The van der Waals surface area contributed by atoms with E-state index in [-0.39, 0.29) is 5.91 Å². The van der Waals surface area contributed by atoms with Crippen LogP contribution in [-0.2, 0) is 6.54 Å². The van der Waals surface area contributed by atoms with Crippen molar-refractivity contribution >= 4 is 29.1 Å². The molecule has 0 spiro atoms. The highest BCUT2D eigenvalue weighted by molar-refractivity contribution is 6.36. The molecule has 3 aromatic rings. The number of halogens is 2. The van der Waals surface area contributed by atoms with E-state index in [2.05, 4.69) is 20.4 Å². The zero-order valence-electron chi connectivity index (χ0n) is 17.0. The van der Waals surface area contributed by atoms with Gasteiger partial charge in [-0.25, -0.2) is 0 Å². The zero-order chi connectivity index (χ0) is 21.8. The van der Waals surface area contributed by atoms with Gasteiger partial charge in [-0.3, -0.25) is 9.69 Å². The number of carbonyl (C=O) groups is 1. The molecule has 8 nitrogen and oxygen atoms in total. The monoisotopic (exact) mass is 460 g/mol. The van der Waals surface area contributed by atoms with E-state index in [0.717, 1.165) is 17.3 Å². The molecule has 0 aliphatic carbocycles. The van der Waals surface area contributed by atoms with Gasteiger partial charge < -0.3 is 9.64 Å². The lowest BCUT2D eigenvalue weighted by Gasteiger charge is -2.34. The zero-order valence-corrected chi connectivity index (χ0v) is 18.6. The molecule has 1 aromatic heterocycles. The van der Waals surface area contributed by atoms with Crippen LogP contribution in [0.5, 0.6) is 5.75 Å². The van der Waals surface area contributed by atoms with E-state index in [4.69, 9.17) is 27.9 Å². The second-order valence-corrected chi connectivity index (χ2v) is 7.97. The molecule has 1 fully saturated rings. The topological polar surface area (TPSA) is 76.4 Å². The third kappa shape index (κ3) is 4.98. The first-order chi connectivity index (χ1) is 15.0. The molecule has 31 heavy (non-hydrogen) atoms. The maximum absolute atomic E-state index is 12.8. The summed E-state index contributed by atoms with van der Waals surface area (Å²) in [5.74, 6) is 1.47. The molecule has 1 aliphatic heterocycles. The molecule has 0 unspecified atom stereocenters. The summed E-state index contributed by atoms with van der Waals surface area (Å²) in [6.07, 6.45) is 0. The smallest absolute Gasteiger partial charge is 0.255 e. The SMILES string of the molecule is CCOc1ccc(-n2nnnc2CN2CCN(C(=O)c3ccc(Cl)cc3Cl)CC2)cc1. The molecular weight excluding hydrogens is 439 g/mol. The first-order valence-electron chi connectivity index (χ1n) is 10.0. The number of aromatic nitrogens is 4. The summed E-state index contributed by atoms with van der Waals surface area (Å²) >= 11 is 12.1. The summed E-state index contributed by atoms with van der Waals surface area (Å²) in [5, 5.41) is 13.0. The number of carbonyl (C=O) groups excluding carboxylic acids is 1. The Hall–Kier alpha value is -2.68. The van der Waals surface area contributed by atoms with E-state index in [1.807, 2.05) is 31.2 Å². The highest BCUT2D eigenvalue weighted by Crippen LogP contribution is 2.23. The summed E-state index contributed by atoms with van der Waals surface area (Å²) in [4.78, 5) is 16.8. The van der Waals surface area contributed by atoms with Crippen LogP contribution in [0, 0.1) is 0 Å². The van der Waals surface area contributed by atoms with Gasteiger partial charge in [0.1, 0.15) is 5.75 Å². The summed E-state index contributed by atoms with van der Waals surface area (Å²) < 4.78 is 7.21. The highest BCUT2D eigenvalue weighted by atomic mass is 35.5. The number of hydrogen-bond donors (Lipinski definition) is 0. The number of tetrazole rings is 1. The first-order valence-corrected chi connectivity index (χ1v) is 10.8. The standard InChI is InChI=1S/C21H22Cl2N6O2/c1-2-31-17-6-4-16(5-7-17)29-20(24-25-26-29)14-27-9-11-28(12-10-27)21(30)18-8-3-15(22)13-19(18)23/h3-8,13H,2,9-12,14H2,1H3. The molecule has 1 saturated heterocycles. The summed E-state index contributed by atoms with van der Waals surface area (Å²) in [6, 6.07) is 12.6. The summed E-state index contributed by atoms with van der Waals surface area (Å²) in [5.41, 5.74) is 1.34. The van der Waals surface area contributed by atoms with E-state index in [9.17, 15) is 4.79 Å². The predicted octanol–water partition coefficient (Wildman–Crippen LogP) is 3.33. The number of benzene rings is 2. The molecule has 1 aliphatic rings. The Morgan fingerprint density at radius 3 is 2.48 bits per heavy atom. The Bertz CT molecular complexity index is 1050. The minimum Gasteiger partial charge on any atom is -0.494 e. The number of rotatable bonds is 6. The fourth-order valence-corrected chi connectivity index (χ4v) is 3.99. The molecule has 2 aromatic carbocycles. The fourth-order valence-electron chi connectivity index (χ4n) is 3.50. The fraction of sp³-hybridized carbons (Fsp3) is 0.333. The van der Waals surface area contributed by atoms with Crippen molar-refractivity contribution in [1.82, 2.24) is 30.0 Å². The van der Waals surface area contributed by atoms with Crippen LogP contribution in [0.15, 0.2) is 42.5 Å². The van der Waals surface area contributed by atoms with E-state index in [1.54, 1.807) is 27.8 Å². The number of amides is 1. The van der Waals surface area contributed by atoms with Crippen molar-refractivity contribution in [3.8, 4) is 11.4 Å². The predicted molar refractivity (Wildman–Crippen MR) is 118 cm³/mol. The Morgan fingerprint density at radius 1 is 1.06 bits per heavy atom. The maximum atomic E-state index is 12.8. The third-order valence-electron chi connectivity index (χ3n) is 5.11. The average Bonchev–Trinajstić information content (AvgIpc) is 3.23. The molecule has 4 rings (SSSR count). The van der Waals surface area contributed by atoms with Gasteiger partial charge in [0, 0.05) is 31.2 Å². The molecule has 162 valence electrons. The Morgan fingerprint density at radius 2 is 1.81 bits per heavy atom. The Balaban J connectivity index is 1.37. The highest BCUT2D eigenvalue weighted by Gasteiger charge is 2.25. The van der Waals surface area contributed by atoms with Crippen LogP contribution in [0.25, 0.3) is 5.69 Å². The van der Waals surface area contributed by atoms with Gasteiger partial charge >= 0.3 is 0 Å². The van der Waals surface area contributed by atoms with E-state index >= 15 is 0 Å². The van der Waals surface area contributed by atoms with Gasteiger partial charge in [-0.1, -0.05) is 23.2 Å². The van der Waals surface area contributed by atoms with Crippen LogP contribution in [0.3, 0.4) is 0 Å². The molecule has 10 heteroatoms. The van der Waals surface area contributed by atoms with Gasteiger partial charge in [-0.2, -0.15) is 4.68 Å². The summed E-state index contributed by atoms with van der Waals surface area (Å²) in [6.45, 7) is 5.79. The Labute approximate surface area is 190 Å². The van der Waals surface area contributed by atoms with Gasteiger partial charge in [0.25, 0.3) is 5.91 Å². The van der Waals surface area contributed by atoms with Crippen molar-refractivity contribution in [2.45, 2.75) is 13.5 Å². The van der Waals surface area contributed by atoms with E-state index < -0.39 is 0 Å². The van der Waals surface area contributed by atoms with Crippen LogP contribution in [-0.4, -0.2) is 68.7 Å². The molecule has 0 atom stereocenters. The van der Waals surface area contributed by atoms with Gasteiger partial charge in [-0.05, 0) is 59.8 Å². The minimum atomic E-state index is -0.0828. The lowest BCUT2D eigenvalue weighted by molar-refractivity contribution is 0.0624. The molecule has 0 radical (unpaired) electrons. The van der Waals surface area contributed by atoms with Crippen molar-refractivity contribution in [3.05, 3.63) is 63.9 Å². The van der Waals surface area contributed by atoms with E-state index in [0.29, 0.717) is 54.9 Å². The summed E-state index contributed by atoms with van der Waals surface area (Å²) in [7, 11) is 0. The molecule has 0 N–H and O–H groups in total. The van der Waals surface area contributed by atoms with Crippen LogP contribution in [0.2, 0.25) is 10.0 Å². The van der Waals surface area contributed by atoms with Crippen LogP contribution in [0.4, 0.5) is 0 Å². The number of nitrogens with zero attached hydrogens (tertiary/aromatic N) is 6. The van der Waals surface area contributed by atoms with Gasteiger partial charge in [0.2, 0.25) is 0 Å². The molecule has 1 amide bonds. The van der Waals surface area contributed by atoms with Crippen molar-refractivity contribution in [2.75, 3.05) is 32.8 Å². The second kappa shape index (κ2) is 9.64. The largest absolute Gasteiger partial charge is 0.494 e. The minimum absolute atomic E-state index is 0.0828. The van der Waals surface area contributed by atoms with Crippen LogP contribution in [0.1, 0.15) is 23.1 Å². The van der Waals surface area contributed by atoms with Crippen molar-refractivity contribution in [2.24, 2.45) is 0 Å². The maximum Gasteiger partial charge on any atom is 0.255 e. The van der Waals surface area contributed by atoms with Crippen molar-refractivity contribution in [1.29, 1.82) is 0 Å². The van der Waals surface area contributed by atoms with Gasteiger partial charge in [0.05, 0.1) is 29.4 Å². The lowest BCUT2D eigenvalue weighted by atomic mass is 10.1. The number of hydrogen-bond acceptors (Lipinski definition) is 6. The van der Waals surface area contributed by atoms with Crippen LogP contribution >= 0.6 is 23.2 Å². The second-order valence-electron chi connectivity index (χ2n) is 7.13. The number of ether oxygens (including phenoxy) is 1. The van der Waals surface area contributed by atoms with Gasteiger partial charge in [0.15, 0.2) is 5.82 Å². The van der Waals surface area contributed by atoms with Crippen molar-refractivity contribution < 1.29 is 9.53 Å². The third-order valence-corrected chi connectivity index (χ3v) is 5.66. The Kier molecular flexibility index (Phi) is 6.70. The van der Waals surface area contributed by atoms with Crippen molar-refractivity contribution in [3.63, 3.8) is 0 Å². The first kappa shape index (κ1) is 21.5. The molecule has 2 heterocycles. The molecule has 0 saturated carbocycles.